The summed E-state index contributed by atoms with van der Waals surface area (Å²) in [5, 5.41) is 12.9. The quantitative estimate of drug-likeness (QED) is 0.743. The molecule has 1 aromatic rings. The number of piperidine rings is 1. The summed E-state index contributed by atoms with van der Waals surface area (Å²) in [5.41, 5.74) is 1.97. The van der Waals surface area contributed by atoms with Gasteiger partial charge in [-0.2, -0.15) is 0 Å². The molecule has 5 heteroatoms. The Bertz CT molecular complexity index is 593. The van der Waals surface area contributed by atoms with Gasteiger partial charge in [0.05, 0.1) is 13.2 Å². The highest BCUT2D eigenvalue weighted by molar-refractivity contribution is 5.92. The molecule has 5 nitrogen and oxygen atoms in total. The SMILES string of the molecule is COc1ccc(C)cc1/C=C/C(=O)NCC(O)CN1CCC(C)CC1. The van der Waals surface area contributed by atoms with Gasteiger partial charge in [-0.05, 0) is 57.0 Å². The van der Waals surface area contributed by atoms with Crippen molar-refractivity contribution in [2.45, 2.75) is 32.8 Å². The van der Waals surface area contributed by atoms with E-state index in [0.29, 0.717) is 6.54 Å². The zero-order chi connectivity index (χ0) is 18.2. The van der Waals surface area contributed by atoms with Crippen LogP contribution in [0.4, 0.5) is 0 Å². The van der Waals surface area contributed by atoms with Crippen molar-refractivity contribution < 1.29 is 14.6 Å². The number of benzene rings is 1. The van der Waals surface area contributed by atoms with Crippen molar-refractivity contribution in [3.05, 3.63) is 35.4 Å². The van der Waals surface area contributed by atoms with Crippen molar-refractivity contribution in [3.63, 3.8) is 0 Å². The first kappa shape index (κ1) is 19.5. The van der Waals surface area contributed by atoms with Crippen molar-refractivity contribution in [3.8, 4) is 5.75 Å². The van der Waals surface area contributed by atoms with Gasteiger partial charge in [-0.25, -0.2) is 0 Å². The Hall–Kier alpha value is -1.85. The lowest BCUT2D eigenvalue weighted by Crippen LogP contribution is -2.42. The average Bonchev–Trinajstić information content (AvgIpc) is 2.60. The highest BCUT2D eigenvalue weighted by atomic mass is 16.5. The third-order valence-electron chi connectivity index (χ3n) is 4.66. The zero-order valence-corrected chi connectivity index (χ0v) is 15.5. The second-order valence-corrected chi connectivity index (χ2v) is 6.96. The molecule has 0 spiro atoms. The Morgan fingerprint density at radius 1 is 1.44 bits per heavy atom. The molecule has 1 unspecified atom stereocenters. The molecule has 0 radical (unpaired) electrons. The minimum Gasteiger partial charge on any atom is -0.496 e. The number of hydrogen-bond donors (Lipinski definition) is 2. The lowest BCUT2D eigenvalue weighted by Gasteiger charge is -2.31. The standard InChI is InChI=1S/C20H30N2O3/c1-15-8-10-22(11-9-15)14-18(23)13-21-20(24)7-5-17-12-16(2)4-6-19(17)25-3/h4-7,12,15,18,23H,8-11,13-14H2,1-3H3,(H,21,24)/b7-5+. The number of likely N-dealkylation sites (tertiary alicyclic amines) is 1. The van der Waals surface area contributed by atoms with E-state index in [1.54, 1.807) is 13.2 Å². The number of amides is 1. The molecule has 1 saturated heterocycles. The molecule has 138 valence electrons. The van der Waals surface area contributed by atoms with Crippen molar-refractivity contribution >= 4 is 12.0 Å². The molecular weight excluding hydrogens is 316 g/mol. The lowest BCUT2D eigenvalue weighted by molar-refractivity contribution is -0.116. The molecule has 2 rings (SSSR count). The predicted molar refractivity (Wildman–Crippen MR) is 101 cm³/mol. The summed E-state index contributed by atoms with van der Waals surface area (Å²) >= 11 is 0. The van der Waals surface area contributed by atoms with Gasteiger partial charge < -0.3 is 20.1 Å². The van der Waals surface area contributed by atoms with E-state index in [1.807, 2.05) is 25.1 Å². The number of nitrogens with zero attached hydrogens (tertiary/aromatic N) is 1. The summed E-state index contributed by atoms with van der Waals surface area (Å²) in [4.78, 5) is 14.2. The van der Waals surface area contributed by atoms with Gasteiger partial charge in [0.2, 0.25) is 5.91 Å². The number of aliphatic hydroxyl groups is 1. The molecular formula is C20H30N2O3. The van der Waals surface area contributed by atoms with Crippen LogP contribution in [0.15, 0.2) is 24.3 Å². The molecule has 0 saturated carbocycles. The number of hydrogen-bond acceptors (Lipinski definition) is 4. The van der Waals surface area contributed by atoms with Gasteiger partial charge in [0.15, 0.2) is 0 Å². The summed E-state index contributed by atoms with van der Waals surface area (Å²) in [6, 6.07) is 5.82. The zero-order valence-electron chi connectivity index (χ0n) is 15.5. The predicted octanol–water partition coefficient (Wildman–Crippen LogP) is 2.23. The van der Waals surface area contributed by atoms with Crippen LogP contribution >= 0.6 is 0 Å². The molecule has 1 aliphatic heterocycles. The minimum atomic E-state index is -0.542. The van der Waals surface area contributed by atoms with Crippen LogP contribution in [0.3, 0.4) is 0 Å². The number of methoxy groups -OCH3 is 1. The largest absolute Gasteiger partial charge is 0.496 e. The van der Waals surface area contributed by atoms with Crippen LogP contribution in [-0.4, -0.2) is 55.3 Å². The molecule has 1 aromatic carbocycles. The smallest absolute Gasteiger partial charge is 0.244 e. The highest BCUT2D eigenvalue weighted by Crippen LogP contribution is 2.20. The fourth-order valence-electron chi connectivity index (χ4n) is 3.03. The number of nitrogens with one attached hydrogen (secondary N) is 1. The number of carbonyl (C=O) groups excluding carboxylic acids is 1. The maximum Gasteiger partial charge on any atom is 0.244 e. The number of rotatable bonds is 7. The van der Waals surface area contributed by atoms with Gasteiger partial charge >= 0.3 is 0 Å². The van der Waals surface area contributed by atoms with Gasteiger partial charge in [0.25, 0.3) is 0 Å². The van der Waals surface area contributed by atoms with Gasteiger partial charge in [-0.3, -0.25) is 4.79 Å². The van der Waals surface area contributed by atoms with Crippen LogP contribution in [0.5, 0.6) is 5.75 Å². The molecule has 2 N–H and O–H groups in total. The summed E-state index contributed by atoms with van der Waals surface area (Å²) in [7, 11) is 1.61. The maximum absolute atomic E-state index is 12.0. The molecule has 0 bridgehead atoms. The molecule has 0 aromatic heterocycles. The molecule has 25 heavy (non-hydrogen) atoms. The van der Waals surface area contributed by atoms with E-state index in [-0.39, 0.29) is 12.5 Å². The molecule has 1 fully saturated rings. The summed E-state index contributed by atoms with van der Waals surface area (Å²) in [5.74, 6) is 1.29. The average molecular weight is 346 g/mol. The van der Waals surface area contributed by atoms with Crippen LogP contribution in [0, 0.1) is 12.8 Å². The van der Waals surface area contributed by atoms with E-state index in [4.69, 9.17) is 4.74 Å². The van der Waals surface area contributed by atoms with E-state index in [1.165, 1.54) is 18.9 Å². The van der Waals surface area contributed by atoms with E-state index in [0.717, 1.165) is 35.9 Å². The van der Waals surface area contributed by atoms with E-state index in [9.17, 15) is 9.90 Å². The topological polar surface area (TPSA) is 61.8 Å². The summed E-state index contributed by atoms with van der Waals surface area (Å²) in [6.45, 7) is 7.19. The Labute approximate surface area is 150 Å². The van der Waals surface area contributed by atoms with Crippen molar-refractivity contribution in [1.29, 1.82) is 0 Å². The highest BCUT2D eigenvalue weighted by Gasteiger charge is 2.18. The van der Waals surface area contributed by atoms with E-state index < -0.39 is 6.10 Å². The third kappa shape index (κ3) is 6.52. The van der Waals surface area contributed by atoms with Crippen molar-refractivity contribution in [1.82, 2.24) is 10.2 Å². The Balaban J connectivity index is 1.77. The van der Waals surface area contributed by atoms with Crippen LogP contribution in [0.2, 0.25) is 0 Å². The molecule has 1 aliphatic rings. The van der Waals surface area contributed by atoms with Crippen molar-refractivity contribution in [2.75, 3.05) is 33.3 Å². The van der Waals surface area contributed by atoms with Crippen LogP contribution in [-0.2, 0) is 4.79 Å². The van der Waals surface area contributed by atoms with Crippen molar-refractivity contribution in [2.24, 2.45) is 5.92 Å². The van der Waals surface area contributed by atoms with E-state index in [2.05, 4.69) is 17.1 Å². The van der Waals surface area contributed by atoms with Gasteiger partial charge in [0, 0.05) is 24.7 Å². The maximum atomic E-state index is 12.0. The Morgan fingerprint density at radius 3 is 2.84 bits per heavy atom. The molecule has 1 atom stereocenters. The normalized spacial score (nSPS) is 17.6. The Kier molecular flexibility index (Phi) is 7.47. The fourth-order valence-corrected chi connectivity index (χ4v) is 3.03. The molecule has 1 amide bonds. The van der Waals surface area contributed by atoms with Gasteiger partial charge in [-0.15, -0.1) is 0 Å². The molecule has 0 aliphatic carbocycles. The Morgan fingerprint density at radius 2 is 2.16 bits per heavy atom. The van der Waals surface area contributed by atoms with Gasteiger partial charge in [0.1, 0.15) is 5.75 Å². The number of aryl methyl sites for hydroxylation is 1. The fraction of sp³-hybridized carbons (Fsp3) is 0.550. The minimum absolute atomic E-state index is 0.213. The first-order valence-corrected chi connectivity index (χ1v) is 8.99. The first-order valence-electron chi connectivity index (χ1n) is 8.99. The van der Waals surface area contributed by atoms with Crippen LogP contribution < -0.4 is 10.1 Å². The molecule has 1 heterocycles. The number of aliphatic hydroxyl groups excluding tert-OH is 1. The monoisotopic (exact) mass is 346 g/mol. The lowest BCUT2D eigenvalue weighted by atomic mass is 9.99. The van der Waals surface area contributed by atoms with Gasteiger partial charge in [-0.1, -0.05) is 18.6 Å². The van der Waals surface area contributed by atoms with E-state index >= 15 is 0 Å². The first-order chi connectivity index (χ1) is 12.0. The van der Waals surface area contributed by atoms with Crippen LogP contribution in [0.25, 0.3) is 6.08 Å². The number of carbonyl (C=O) groups is 1. The number of ether oxygens (including phenoxy) is 1. The summed E-state index contributed by atoms with van der Waals surface area (Å²) in [6.07, 6.45) is 5.03. The van der Waals surface area contributed by atoms with Crippen LogP contribution in [0.1, 0.15) is 30.9 Å². The third-order valence-corrected chi connectivity index (χ3v) is 4.66. The number of β-amino-alcohol motifs (C(OH)–C–C–N with tert-alkyl or cyclic N) is 1. The summed E-state index contributed by atoms with van der Waals surface area (Å²) < 4.78 is 5.29. The second kappa shape index (κ2) is 9.59. The second-order valence-electron chi connectivity index (χ2n) is 6.96.